The van der Waals surface area contributed by atoms with E-state index < -0.39 is 0 Å². The van der Waals surface area contributed by atoms with Crippen molar-refractivity contribution in [2.24, 2.45) is 22.9 Å². The van der Waals surface area contributed by atoms with E-state index in [0.29, 0.717) is 12.1 Å². The Morgan fingerprint density at radius 3 is 1.43 bits per heavy atom. The van der Waals surface area contributed by atoms with Gasteiger partial charge < -0.3 is 33.6 Å². The molecule has 0 saturated heterocycles. The molecule has 0 aromatic heterocycles. The van der Waals surface area contributed by atoms with Crippen molar-refractivity contribution < 1.29 is 0 Å². The second-order valence-electron chi connectivity index (χ2n) is 8.38. The van der Waals surface area contributed by atoms with Crippen LogP contribution in [0.25, 0.3) is 0 Å². The Bertz CT molecular complexity index is 469. The lowest BCUT2D eigenvalue weighted by molar-refractivity contribution is 0.455. The largest absolute Gasteiger partial charge is 0.330 e. The third kappa shape index (κ3) is 13.3. The maximum absolute atomic E-state index is 5.76. The fourth-order valence-corrected chi connectivity index (χ4v) is 3.88. The average molecular weight is 421 g/mol. The van der Waals surface area contributed by atoms with Crippen molar-refractivity contribution in [1.29, 1.82) is 0 Å². The number of rotatable bonds is 20. The van der Waals surface area contributed by atoms with Crippen LogP contribution in [-0.4, -0.2) is 51.4 Å². The van der Waals surface area contributed by atoms with Crippen LogP contribution in [0.1, 0.15) is 62.5 Å². The summed E-state index contributed by atoms with van der Waals surface area (Å²) in [5.74, 6) is 0. The molecule has 0 heterocycles. The van der Waals surface area contributed by atoms with Crippen LogP contribution in [-0.2, 0) is 12.8 Å². The van der Waals surface area contributed by atoms with Crippen LogP contribution in [0.3, 0.4) is 0 Å². The summed E-state index contributed by atoms with van der Waals surface area (Å²) in [6, 6.07) is 10.0. The lowest BCUT2D eigenvalue weighted by Gasteiger charge is -2.21. The quantitative estimate of drug-likeness (QED) is 0.178. The van der Waals surface area contributed by atoms with Crippen molar-refractivity contribution >= 4 is 0 Å². The number of unbranched alkanes of at least 4 members (excludes halogenated alkanes) is 2. The first-order valence-electron chi connectivity index (χ1n) is 12.1. The van der Waals surface area contributed by atoms with Crippen LogP contribution in [0.4, 0.5) is 0 Å². The summed E-state index contributed by atoms with van der Waals surface area (Å²) < 4.78 is 0. The van der Waals surface area contributed by atoms with E-state index in [0.717, 1.165) is 103 Å². The van der Waals surface area contributed by atoms with Gasteiger partial charge >= 0.3 is 0 Å². The van der Waals surface area contributed by atoms with E-state index >= 15 is 0 Å². The second-order valence-corrected chi connectivity index (χ2v) is 8.38. The number of nitrogens with one attached hydrogen (secondary N) is 2. The van der Waals surface area contributed by atoms with E-state index in [-0.39, 0.29) is 0 Å². The van der Waals surface area contributed by atoms with Crippen molar-refractivity contribution in [3.05, 3.63) is 35.4 Å². The van der Waals surface area contributed by atoms with E-state index in [2.05, 4.69) is 34.9 Å². The Balaban J connectivity index is 2.64. The van der Waals surface area contributed by atoms with Crippen molar-refractivity contribution in [2.75, 3.05) is 39.3 Å². The molecule has 0 aliphatic rings. The zero-order chi connectivity index (χ0) is 21.9. The van der Waals surface area contributed by atoms with Crippen molar-refractivity contribution in [2.45, 2.75) is 76.3 Å². The highest BCUT2D eigenvalue weighted by Crippen LogP contribution is 2.14. The molecular weight excluding hydrogens is 372 g/mol. The van der Waals surface area contributed by atoms with E-state index in [1.807, 2.05) is 0 Å². The van der Waals surface area contributed by atoms with Crippen LogP contribution >= 0.6 is 0 Å². The van der Waals surface area contributed by atoms with Gasteiger partial charge in [-0.3, -0.25) is 0 Å². The molecule has 6 nitrogen and oxygen atoms in total. The maximum Gasteiger partial charge on any atom is 0.0108 e. The minimum atomic E-state index is 0.476. The fraction of sp³-hybridized carbons (Fsp3) is 0.750. The molecule has 1 rings (SSSR count). The second kappa shape index (κ2) is 18.7. The van der Waals surface area contributed by atoms with E-state index in [4.69, 9.17) is 22.9 Å². The highest BCUT2D eigenvalue weighted by atomic mass is 14.9. The zero-order valence-electron chi connectivity index (χ0n) is 19.1. The van der Waals surface area contributed by atoms with Crippen molar-refractivity contribution in [3.8, 4) is 0 Å². The number of benzene rings is 1. The molecule has 6 heteroatoms. The molecule has 0 bridgehead atoms. The van der Waals surface area contributed by atoms with E-state index in [1.54, 1.807) is 0 Å². The SMILES string of the molecule is NCCCCNC(CCCN)Cc1cccc(CC(CCCN)NCCCCN)c1. The molecule has 0 fully saturated rings. The van der Waals surface area contributed by atoms with Gasteiger partial charge in [0.2, 0.25) is 0 Å². The van der Waals surface area contributed by atoms with Crippen molar-refractivity contribution in [3.63, 3.8) is 0 Å². The molecule has 0 saturated carbocycles. The summed E-state index contributed by atoms with van der Waals surface area (Å²) in [5, 5.41) is 7.44. The van der Waals surface area contributed by atoms with Crippen LogP contribution in [0.5, 0.6) is 0 Å². The molecular formula is C24H48N6. The predicted molar refractivity (Wildman–Crippen MR) is 131 cm³/mol. The Kier molecular flexibility index (Phi) is 16.9. The molecule has 0 aliphatic carbocycles. The third-order valence-corrected chi connectivity index (χ3v) is 5.60. The lowest BCUT2D eigenvalue weighted by atomic mass is 9.96. The predicted octanol–water partition coefficient (Wildman–Crippen LogP) is 1.64. The lowest BCUT2D eigenvalue weighted by Crippen LogP contribution is -2.33. The average Bonchev–Trinajstić information content (AvgIpc) is 2.76. The number of hydrogen-bond acceptors (Lipinski definition) is 6. The van der Waals surface area contributed by atoms with Gasteiger partial charge in [-0.05, 0) is 115 Å². The summed E-state index contributed by atoms with van der Waals surface area (Å²) in [7, 11) is 0. The van der Waals surface area contributed by atoms with Gasteiger partial charge in [-0.2, -0.15) is 0 Å². The molecule has 0 radical (unpaired) electrons. The Hall–Kier alpha value is -1.02. The third-order valence-electron chi connectivity index (χ3n) is 5.60. The maximum atomic E-state index is 5.76. The zero-order valence-corrected chi connectivity index (χ0v) is 19.1. The van der Waals surface area contributed by atoms with Crippen LogP contribution in [0.2, 0.25) is 0 Å². The molecule has 0 amide bonds. The summed E-state index contributed by atoms with van der Waals surface area (Å²) in [6.45, 7) is 5.09. The molecule has 174 valence electrons. The van der Waals surface area contributed by atoms with Gasteiger partial charge in [-0.1, -0.05) is 24.3 Å². The monoisotopic (exact) mass is 420 g/mol. The smallest absolute Gasteiger partial charge is 0.0108 e. The van der Waals surface area contributed by atoms with Gasteiger partial charge in [-0.25, -0.2) is 0 Å². The van der Waals surface area contributed by atoms with Gasteiger partial charge in [0.15, 0.2) is 0 Å². The van der Waals surface area contributed by atoms with E-state index in [1.165, 1.54) is 11.1 Å². The fourth-order valence-electron chi connectivity index (χ4n) is 3.88. The van der Waals surface area contributed by atoms with Gasteiger partial charge in [-0.15, -0.1) is 0 Å². The van der Waals surface area contributed by atoms with Gasteiger partial charge in [0.1, 0.15) is 0 Å². The minimum Gasteiger partial charge on any atom is -0.330 e. The van der Waals surface area contributed by atoms with Crippen LogP contribution < -0.4 is 33.6 Å². The summed E-state index contributed by atoms with van der Waals surface area (Å²) in [4.78, 5) is 0. The molecule has 0 spiro atoms. The Morgan fingerprint density at radius 1 is 0.600 bits per heavy atom. The molecule has 30 heavy (non-hydrogen) atoms. The highest BCUT2D eigenvalue weighted by molar-refractivity contribution is 5.25. The summed E-state index contributed by atoms with van der Waals surface area (Å²) in [6.07, 6.45) is 10.9. The Labute approximate surface area is 184 Å². The standard InChI is InChI=1S/C24H48N6/c25-12-1-3-16-29-23(10-6-14-27)19-21-8-5-9-22(18-21)20-24(11-7-15-28)30-17-4-2-13-26/h5,8-9,18,23-24,29-30H,1-4,6-7,10-17,19-20,25-28H2. The first-order valence-corrected chi connectivity index (χ1v) is 12.1. The van der Waals surface area contributed by atoms with Gasteiger partial charge in [0.25, 0.3) is 0 Å². The molecule has 2 unspecified atom stereocenters. The minimum absolute atomic E-state index is 0.476. The Morgan fingerprint density at radius 2 is 1.03 bits per heavy atom. The van der Waals surface area contributed by atoms with Gasteiger partial charge in [0.05, 0.1) is 0 Å². The first-order chi connectivity index (χ1) is 14.7. The van der Waals surface area contributed by atoms with E-state index in [9.17, 15) is 0 Å². The van der Waals surface area contributed by atoms with Crippen molar-refractivity contribution in [1.82, 2.24) is 10.6 Å². The number of nitrogens with two attached hydrogens (primary N) is 4. The van der Waals surface area contributed by atoms with Crippen LogP contribution in [0, 0.1) is 0 Å². The molecule has 10 N–H and O–H groups in total. The first kappa shape index (κ1) is 27.0. The summed E-state index contributed by atoms with van der Waals surface area (Å²) >= 11 is 0. The van der Waals surface area contributed by atoms with Crippen LogP contribution in [0.15, 0.2) is 24.3 Å². The molecule has 0 aliphatic heterocycles. The normalized spacial score (nSPS) is 13.5. The molecule has 2 atom stereocenters. The highest BCUT2D eigenvalue weighted by Gasteiger charge is 2.12. The van der Waals surface area contributed by atoms with Gasteiger partial charge in [0, 0.05) is 12.1 Å². The topological polar surface area (TPSA) is 128 Å². The molecule has 1 aromatic carbocycles. The number of hydrogen-bond donors (Lipinski definition) is 6. The molecule has 1 aromatic rings. The summed E-state index contributed by atoms with van der Waals surface area (Å²) in [5.41, 5.74) is 25.6.